The van der Waals surface area contributed by atoms with Gasteiger partial charge in [0.15, 0.2) is 0 Å². The van der Waals surface area contributed by atoms with Crippen molar-refractivity contribution in [2.75, 3.05) is 0 Å². The number of aliphatic hydroxyl groups is 1. The van der Waals surface area contributed by atoms with Crippen LogP contribution in [-0.2, 0) is 30.3 Å². The molecule has 43 heavy (non-hydrogen) atoms. The molecule has 0 amide bonds. The summed E-state index contributed by atoms with van der Waals surface area (Å²) in [5.41, 5.74) is 3.01. The first kappa shape index (κ1) is 31.5. The van der Waals surface area contributed by atoms with Crippen LogP contribution in [0.1, 0.15) is 39.5 Å². The molecule has 4 aromatic carbocycles. The largest absolute Gasteiger partial charge is 0.416 e. The molecule has 0 aliphatic heterocycles. The second-order valence-electron chi connectivity index (χ2n) is 9.57. The number of rotatable bonds is 7. The van der Waals surface area contributed by atoms with Crippen molar-refractivity contribution in [2.24, 2.45) is 0 Å². The highest BCUT2D eigenvalue weighted by Gasteiger charge is 2.31. The highest BCUT2D eigenvalue weighted by atomic mass is 19.4. The monoisotopic (exact) mass is 595 g/mol. The van der Waals surface area contributed by atoms with Gasteiger partial charge in [-0.1, -0.05) is 84.9 Å². The Morgan fingerprint density at radius 3 is 1.60 bits per heavy atom. The Bertz CT molecular complexity index is 1510. The van der Waals surface area contributed by atoms with Crippen LogP contribution in [0.4, 0.5) is 26.3 Å². The minimum atomic E-state index is -4.45. The third-order valence-corrected chi connectivity index (χ3v) is 6.38. The number of nitrogens with zero attached hydrogens (tertiary/aromatic N) is 1. The lowest BCUT2D eigenvalue weighted by atomic mass is 9.99. The maximum absolute atomic E-state index is 12.6. The summed E-state index contributed by atoms with van der Waals surface area (Å²) in [5.74, 6) is 0. The number of hydrogen-bond acceptors (Lipinski definition) is 3. The van der Waals surface area contributed by atoms with E-state index in [1.54, 1.807) is 12.4 Å². The van der Waals surface area contributed by atoms with Gasteiger partial charge >= 0.3 is 12.4 Å². The number of ether oxygens (including phenoxy) is 1. The molecule has 1 N–H and O–H groups in total. The second-order valence-corrected chi connectivity index (χ2v) is 9.57. The Balaban J connectivity index is 0.000000198. The standard InChI is InChI=1S/C18H15NO.C16H12F6O/c20-18(17-7-4-12-19-13-17)16-10-8-15(9-11-16)14-5-2-1-3-6-14;17-15(18,19)13-5-1-3-11(7-13)9-23-10-12-4-2-6-14(8-12)16(20,21)22/h1-13,18,20H;1-8H,9-10H2. The van der Waals surface area contributed by atoms with E-state index < -0.39 is 29.6 Å². The van der Waals surface area contributed by atoms with Crippen LogP contribution in [0, 0.1) is 0 Å². The number of pyridine rings is 1. The third-order valence-electron chi connectivity index (χ3n) is 6.38. The summed E-state index contributed by atoms with van der Waals surface area (Å²) in [7, 11) is 0. The molecular formula is C34H27F6NO2. The first-order valence-corrected chi connectivity index (χ1v) is 13.1. The Morgan fingerprint density at radius 1 is 0.581 bits per heavy atom. The number of alkyl halides is 6. The van der Waals surface area contributed by atoms with Gasteiger partial charge in [-0.05, 0) is 58.1 Å². The summed E-state index contributed by atoms with van der Waals surface area (Å²) in [4.78, 5) is 4.04. The van der Waals surface area contributed by atoms with Gasteiger partial charge in [-0.3, -0.25) is 4.98 Å². The summed E-state index contributed by atoms with van der Waals surface area (Å²) in [5, 5.41) is 10.3. The molecule has 1 atom stereocenters. The van der Waals surface area contributed by atoms with Crippen molar-refractivity contribution in [1.29, 1.82) is 0 Å². The molecule has 9 heteroatoms. The van der Waals surface area contributed by atoms with Gasteiger partial charge in [-0.2, -0.15) is 26.3 Å². The summed E-state index contributed by atoms with van der Waals surface area (Å²) >= 11 is 0. The SMILES string of the molecule is FC(F)(F)c1cccc(COCc2cccc(C(F)(F)F)c2)c1.OC(c1ccc(-c2ccccc2)cc1)c1cccnc1. The van der Waals surface area contributed by atoms with Crippen LogP contribution < -0.4 is 0 Å². The molecule has 222 valence electrons. The van der Waals surface area contributed by atoms with Gasteiger partial charge in [0.05, 0.1) is 24.3 Å². The summed E-state index contributed by atoms with van der Waals surface area (Å²) < 4.78 is 80.6. The number of halogens is 6. The Hall–Kier alpha value is -4.47. The quantitative estimate of drug-likeness (QED) is 0.191. The van der Waals surface area contributed by atoms with Crippen molar-refractivity contribution < 1.29 is 36.2 Å². The number of hydrogen-bond donors (Lipinski definition) is 1. The highest BCUT2D eigenvalue weighted by molar-refractivity contribution is 5.63. The fraction of sp³-hybridized carbons (Fsp3) is 0.147. The van der Waals surface area contributed by atoms with Crippen molar-refractivity contribution in [1.82, 2.24) is 4.98 Å². The molecule has 5 aromatic rings. The van der Waals surface area contributed by atoms with Gasteiger partial charge in [0.2, 0.25) is 0 Å². The van der Waals surface area contributed by atoms with E-state index in [1.165, 1.54) is 29.8 Å². The van der Waals surface area contributed by atoms with Gasteiger partial charge in [0.1, 0.15) is 6.10 Å². The van der Waals surface area contributed by atoms with E-state index >= 15 is 0 Å². The molecule has 0 saturated heterocycles. The van der Waals surface area contributed by atoms with Gasteiger partial charge in [0.25, 0.3) is 0 Å². The molecule has 1 heterocycles. The van der Waals surface area contributed by atoms with Crippen molar-refractivity contribution in [3.8, 4) is 11.1 Å². The number of aliphatic hydroxyl groups excluding tert-OH is 1. The van der Waals surface area contributed by atoms with E-state index in [4.69, 9.17) is 4.74 Å². The molecule has 1 aromatic heterocycles. The zero-order chi connectivity index (χ0) is 30.9. The molecule has 0 bridgehead atoms. The Kier molecular flexibility index (Phi) is 10.3. The topological polar surface area (TPSA) is 42.4 Å². The van der Waals surface area contributed by atoms with Gasteiger partial charge < -0.3 is 9.84 Å². The van der Waals surface area contributed by atoms with E-state index in [1.807, 2.05) is 54.6 Å². The minimum absolute atomic E-state index is 0.125. The first-order chi connectivity index (χ1) is 20.5. The fourth-order valence-corrected chi connectivity index (χ4v) is 4.18. The smallest absolute Gasteiger partial charge is 0.384 e. The van der Waals surface area contributed by atoms with E-state index in [0.29, 0.717) is 11.1 Å². The van der Waals surface area contributed by atoms with E-state index in [-0.39, 0.29) is 13.2 Å². The molecule has 1 unspecified atom stereocenters. The van der Waals surface area contributed by atoms with Crippen molar-refractivity contribution >= 4 is 0 Å². The van der Waals surface area contributed by atoms with Crippen LogP contribution in [0.25, 0.3) is 11.1 Å². The fourth-order valence-electron chi connectivity index (χ4n) is 4.18. The van der Waals surface area contributed by atoms with Crippen molar-refractivity contribution in [2.45, 2.75) is 31.7 Å². The summed E-state index contributed by atoms with van der Waals surface area (Å²) in [6.45, 7) is -0.250. The maximum atomic E-state index is 12.6. The molecule has 5 rings (SSSR count). The van der Waals surface area contributed by atoms with Crippen LogP contribution in [0.2, 0.25) is 0 Å². The number of benzene rings is 4. The van der Waals surface area contributed by atoms with Crippen LogP contribution in [0.3, 0.4) is 0 Å². The maximum Gasteiger partial charge on any atom is 0.416 e. The first-order valence-electron chi connectivity index (χ1n) is 13.1. The highest BCUT2D eigenvalue weighted by Crippen LogP contribution is 2.31. The molecule has 3 nitrogen and oxygen atoms in total. The number of aromatic nitrogens is 1. The Morgan fingerprint density at radius 2 is 1.12 bits per heavy atom. The van der Waals surface area contributed by atoms with Crippen molar-refractivity contribution in [3.63, 3.8) is 0 Å². The lowest BCUT2D eigenvalue weighted by molar-refractivity contribution is -0.138. The molecule has 0 aliphatic carbocycles. The van der Waals surface area contributed by atoms with Crippen LogP contribution in [0.5, 0.6) is 0 Å². The van der Waals surface area contributed by atoms with Crippen LogP contribution in [0.15, 0.2) is 128 Å². The molecule has 0 spiro atoms. The average Bonchev–Trinajstić information content (AvgIpc) is 3.01. The van der Waals surface area contributed by atoms with Gasteiger partial charge in [0, 0.05) is 18.0 Å². The zero-order valence-corrected chi connectivity index (χ0v) is 22.7. The predicted molar refractivity (Wildman–Crippen MR) is 152 cm³/mol. The zero-order valence-electron chi connectivity index (χ0n) is 22.7. The Labute approximate surface area is 245 Å². The minimum Gasteiger partial charge on any atom is -0.384 e. The van der Waals surface area contributed by atoms with Gasteiger partial charge in [-0.15, -0.1) is 0 Å². The van der Waals surface area contributed by atoms with E-state index in [9.17, 15) is 31.4 Å². The normalized spacial score (nSPS) is 12.3. The molecule has 0 fully saturated rings. The van der Waals surface area contributed by atoms with Crippen LogP contribution >= 0.6 is 0 Å². The molecular weight excluding hydrogens is 568 g/mol. The van der Waals surface area contributed by atoms with E-state index in [2.05, 4.69) is 17.1 Å². The third kappa shape index (κ3) is 9.26. The molecule has 0 aliphatic rings. The molecule has 0 saturated carbocycles. The lowest BCUT2D eigenvalue weighted by Crippen LogP contribution is -2.06. The summed E-state index contributed by atoms with van der Waals surface area (Å²) in [6, 6.07) is 31.1. The predicted octanol–water partition coefficient (Wildman–Crippen LogP) is 9.27. The lowest BCUT2D eigenvalue weighted by Gasteiger charge is -2.11. The summed E-state index contributed by atoms with van der Waals surface area (Å²) in [6.07, 6.45) is -6.13. The van der Waals surface area contributed by atoms with Crippen molar-refractivity contribution in [3.05, 3.63) is 161 Å². The van der Waals surface area contributed by atoms with Crippen LogP contribution in [-0.4, -0.2) is 10.1 Å². The van der Waals surface area contributed by atoms with E-state index in [0.717, 1.165) is 41.0 Å². The average molecular weight is 596 g/mol. The van der Waals surface area contributed by atoms with Gasteiger partial charge in [-0.25, -0.2) is 0 Å². The second kappa shape index (κ2) is 14.1. The molecule has 0 radical (unpaired) electrons.